The molecule has 1 N–H and O–H groups in total. The van der Waals surface area contributed by atoms with E-state index < -0.39 is 11.6 Å². The van der Waals surface area contributed by atoms with Crippen LogP contribution in [-0.4, -0.2) is 10.1 Å². The van der Waals surface area contributed by atoms with Crippen molar-refractivity contribution in [3.63, 3.8) is 0 Å². The van der Waals surface area contributed by atoms with Crippen molar-refractivity contribution in [2.24, 2.45) is 0 Å². The molecule has 0 aliphatic heterocycles. The normalized spacial score (nSPS) is 14.8. The van der Waals surface area contributed by atoms with Crippen LogP contribution in [0.4, 0.5) is 14.5 Å². The Balaban J connectivity index is 1.65. The van der Waals surface area contributed by atoms with Gasteiger partial charge in [0.05, 0.1) is 6.54 Å². The van der Waals surface area contributed by atoms with Crippen molar-refractivity contribution in [3.05, 3.63) is 41.5 Å². The van der Waals surface area contributed by atoms with Crippen LogP contribution in [0.1, 0.15) is 30.5 Å². The molecule has 0 amide bonds. The Hall–Kier alpha value is -1.98. The summed E-state index contributed by atoms with van der Waals surface area (Å²) in [6, 6.07) is 3.24. The minimum absolute atomic E-state index is 0.253. The number of aromatic nitrogens is 2. The standard InChI is InChI=1S/C12H11F2N3O/c13-8-3-9(14)5-10(4-8)15-6-11-16-12(17-18-11)7-1-2-7/h3-5,7,15H,1-2,6H2. The van der Waals surface area contributed by atoms with Gasteiger partial charge in [-0.25, -0.2) is 8.78 Å². The molecule has 1 fully saturated rings. The Bertz CT molecular complexity index is 546. The summed E-state index contributed by atoms with van der Waals surface area (Å²) < 4.78 is 30.9. The molecule has 1 aromatic heterocycles. The van der Waals surface area contributed by atoms with Gasteiger partial charge in [0, 0.05) is 17.7 Å². The molecule has 1 heterocycles. The summed E-state index contributed by atoms with van der Waals surface area (Å²) in [5.41, 5.74) is 0.346. The molecule has 6 heteroatoms. The van der Waals surface area contributed by atoms with Crippen LogP contribution in [0.15, 0.2) is 22.7 Å². The fourth-order valence-corrected chi connectivity index (χ4v) is 1.68. The highest BCUT2D eigenvalue weighted by molar-refractivity contribution is 5.43. The lowest BCUT2D eigenvalue weighted by Crippen LogP contribution is -2.00. The molecule has 0 spiro atoms. The Labute approximate surface area is 102 Å². The first-order chi connectivity index (χ1) is 8.70. The molecule has 94 valence electrons. The molecule has 1 aromatic carbocycles. The largest absolute Gasteiger partial charge is 0.376 e. The van der Waals surface area contributed by atoms with Gasteiger partial charge in [0.2, 0.25) is 5.89 Å². The van der Waals surface area contributed by atoms with Gasteiger partial charge in [-0.2, -0.15) is 4.98 Å². The first-order valence-corrected chi connectivity index (χ1v) is 5.73. The number of nitrogens with zero attached hydrogens (tertiary/aromatic N) is 2. The van der Waals surface area contributed by atoms with E-state index in [1.807, 2.05) is 0 Å². The topological polar surface area (TPSA) is 51.0 Å². The van der Waals surface area contributed by atoms with Crippen LogP contribution in [0, 0.1) is 11.6 Å². The quantitative estimate of drug-likeness (QED) is 0.907. The third-order valence-corrected chi connectivity index (χ3v) is 2.73. The van der Waals surface area contributed by atoms with Gasteiger partial charge in [0.25, 0.3) is 0 Å². The van der Waals surface area contributed by atoms with Gasteiger partial charge in [-0.15, -0.1) is 0 Å². The van der Waals surface area contributed by atoms with Gasteiger partial charge < -0.3 is 9.84 Å². The molecule has 1 aliphatic carbocycles. The van der Waals surface area contributed by atoms with Crippen molar-refractivity contribution in [1.82, 2.24) is 10.1 Å². The van der Waals surface area contributed by atoms with Crippen LogP contribution in [-0.2, 0) is 6.54 Å². The Kier molecular flexibility index (Phi) is 2.70. The van der Waals surface area contributed by atoms with E-state index in [0.717, 1.165) is 24.7 Å². The molecule has 18 heavy (non-hydrogen) atoms. The van der Waals surface area contributed by atoms with Gasteiger partial charge in [0.1, 0.15) is 11.6 Å². The van der Waals surface area contributed by atoms with Crippen LogP contribution in [0.3, 0.4) is 0 Å². The van der Waals surface area contributed by atoms with Crippen molar-refractivity contribution in [3.8, 4) is 0 Å². The first-order valence-electron chi connectivity index (χ1n) is 5.73. The number of rotatable bonds is 4. The average molecular weight is 251 g/mol. The van der Waals surface area contributed by atoms with Crippen LogP contribution >= 0.6 is 0 Å². The summed E-state index contributed by atoms with van der Waals surface area (Å²) in [7, 11) is 0. The van der Waals surface area contributed by atoms with Crippen LogP contribution in [0.2, 0.25) is 0 Å². The van der Waals surface area contributed by atoms with Crippen LogP contribution < -0.4 is 5.32 Å². The van der Waals surface area contributed by atoms with Crippen LogP contribution in [0.5, 0.6) is 0 Å². The van der Waals surface area contributed by atoms with E-state index in [4.69, 9.17) is 4.52 Å². The highest BCUT2D eigenvalue weighted by Gasteiger charge is 2.28. The summed E-state index contributed by atoms with van der Waals surface area (Å²) in [4.78, 5) is 4.20. The Morgan fingerprint density at radius 1 is 1.22 bits per heavy atom. The predicted octanol–water partition coefficient (Wildman–Crippen LogP) is 2.84. The smallest absolute Gasteiger partial charge is 0.245 e. The zero-order valence-electron chi connectivity index (χ0n) is 9.49. The molecule has 0 radical (unpaired) electrons. The van der Waals surface area contributed by atoms with Crippen molar-refractivity contribution in [2.45, 2.75) is 25.3 Å². The second-order valence-corrected chi connectivity index (χ2v) is 4.33. The maximum atomic E-state index is 12.9. The second kappa shape index (κ2) is 4.36. The van der Waals surface area contributed by atoms with E-state index in [1.54, 1.807) is 0 Å². The summed E-state index contributed by atoms with van der Waals surface area (Å²) >= 11 is 0. The van der Waals surface area contributed by atoms with E-state index in [2.05, 4.69) is 15.5 Å². The molecule has 3 rings (SSSR count). The predicted molar refractivity (Wildman–Crippen MR) is 60.0 cm³/mol. The molecule has 2 aromatic rings. The monoisotopic (exact) mass is 251 g/mol. The fourth-order valence-electron chi connectivity index (χ4n) is 1.68. The second-order valence-electron chi connectivity index (χ2n) is 4.33. The lowest BCUT2D eigenvalue weighted by molar-refractivity contribution is 0.378. The molecule has 0 atom stereocenters. The molecule has 0 saturated heterocycles. The number of hydrogen-bond donors (Lipinski definition) is 1. The highest BCUT2D eigenvalue weighted by atomic mass is 19.1. The third kappa shape index (κ3) is 2.47. The number of nitrogens with one attached hydrogen (secondary N) is 1. The van der Waals surface area contributed by atoms with Gasteiger partial charge in [-0.3, -0.25) is 0 Å². The van der Waals surface area contributed by atoms with E-state index in [1.165, 1.54) is 12.1 Å². The summed E-state index contributed by atoms with van der Waals surface area (Å²) in [6.45, 7) is 0.253. The first kappa shape index (κ1) is 11.1. The maximum Gasteiger partial charge on any atom is 0.245 e. The van der Waals surface area contributed by atoms with E-state index in [0.29, 0.717) is 17.5 Å². The maximum absolute atomic E-state index is 12.9. The minimum atomic E-state index is -0.623. The molecular weight excluding hydrogens is 240 g/mol. The summed E-state index contributed by atoms with van der Waals surface area (Å²) in [5, 5.41) is 6.69. The molecule has 0 unspecified atom stereocenters. The van der Waals surface area contributed by atoms with Gasteiger partial charge in [-0.05, 0) is 25.0 Å². The number of benzene rings is 1. The molecule has 4 nitrogen and oxygen atoms in total. The fraction of sp³-hybridized carbons (Fsp3) is 0.333. The lowest BCUT2D eigenvalue weighted by atomic mass is 10.3. The van der Waals surface area contributed by atoms with Gasteiger partial charge >= 0.3 is 0 Å². The van der Waals surface area contributed by atoms with Crippen molar-refractivity contribution in [2.75, 3.05) is 5.32 Å². The highest BCUT2D eigenvalue weighted by Crippen LogP contribution is 2.38. The zero-order valence-corrected chi connectivity index (χ0v) is 9.49. The minimum Gasteiger partial charge on any atom is -0.376 e. The zero-order chi connectivity index (χ0) is 12.5. The average Bonchev–Trinajstić information content (AvgIpc) is 3.05. The molecular formula is C12H11F2N3O. The van der Waals surface area contributed by atoms with Gasteiger partial charge in [-0.1, -0.05) is 5.16 Å². The van der Waals surface area contributed by atoms with Crippen LogP contribution in [0.25, 0.3) is 0 Å². The SMILES string of the molecule is Fc1cc(F)cc(NCc2nc(C3CC3)no2)c1. The summed E-state index contributed by atoms with van der Waals surface area (Å²) in [6.07, 6.45) is 2.20. The van der Waals surface area contributed by atoms with E-state index in [9.17, 15) is 8.78 Å². The van der Waals surface area contributed by atoms with Crippen molar-refractivity contribution in [1.29, 1.82) is 0 Å². The molecule has 1 aliphatic rings. The van der Waals surface area contributed by atoms with E-state index in [-0.39, 0.29) is 6.54 Å². The Morgan fingerprint density at radius 3 is 2.61 bits per heavy atom. The summed E-state index contributed by atoms with van der Waals surface area (Å²) in [5.74, 6) is 0.316. The van der Waals surface area contributed by atoms with E-state index >= 15 is 0 Å². The number of halogens is 2. The third-order valence-electron chi connectivity index (χ3n) is 2.73. The molecule has 0 bridgehead atoms. The Morgan fingerprint density at radius 2 is 1.94 bits per heavy atom. The number of hydrogen-bond acceptors (Lipinski definition) is 4. The van der Waals surface area contributed by atoms with Crippen molar-refractivity contribution < 1.29 is 13.3 Å². The lowest BCUT2D eigenvalue weighted by Gasteiger charge is -2.03. The molecule has 1 saturated carbocycles. The number of anilines is 1. The van der Waals surface area contributed by atoms with Gasteiger partial charge in [0.15, 0.2) is 5.82 Å². The van der Waals surface area contributed by atoms with Crippen molar-refractivity contribution >= 4 is 5.69 Å².